The third kappa shape index (κ3) is 2.51. The van der Waals surface area contributed by atoms with Crippen LogP contribution < -0.4 is 0 Å². The fourth-order valence-electron chi connectivity index (χ4n) is 4.00. The SMILES string of the molecule is c1ccc(C(Cc2c[nH]c3ccccc23)c2c[nH]c3ccccc23)cc1. The van der Waals surface area contributed by atoms with Crippen molar-refractivity contribution in [1.29, 1.82) is 0 Å². The van der Waals surface area contributed by atoms with Crippen molar-refractivity contribution in [3.8, 4) is 0 Å². The first-order valence-electron chi connectivity index (χ1n) is 9.06. The minimum Gasteiger partial charge on any atom is -0.361 e. The van der Waals surface area contributed by atoms with Gasteiger partial charge in [-0.25, -0.2) is 0 Å². The quantitative estimate of drug-likeness (QED) is 0.402. The molecule has 0 fully saturated rings. The number of para-hydroxylation sites is 2. The molecule has 0 amide bonds. The molecule has 0 saturated carbocycles. The van der Waals surface area contributed by atoms with E-state index in [0.29, 0.717) is 5.92 Å². The summed E-state index contributed by atoms with van der Waals surface area (Å²) in [5.41, 5.74) is 6.47. The van der Waals surface area contributed by atoms with Crippen molar-refractivity contribution in [2.45, 2.75) is 12.3 Å². The van der Waals surface area contributed by atoms with Crippen LogP contribution in [0.15, 0.2) is 91.3 Å². The van der Waals surface area contributed by atoms with E-state index in [9.17, 15) is 0 Å². The molecule has 0 aliphatic rings. The highest BCUT2D eigenvalue weighted by molar-refractivity contribution is 5.85. The summed E-state index contributed by atoms with van der Waals surface area (Å²) in [4.78, 5) is 6.87. The second kappa shape index (κ2) is 6.23. The second-order valence-corrected chi connectivity index (χ2v) is 6.82. The van der Waals surface area contributed by atoms with Crippen molar-refractivity contribution in [2.75, 3.05) is 0 Å². The Bertz CT molecular complexity index is 1160. The van der Waals surface area contributed by atoms with Crippen LogP contribution in [0, 0.1) is 0 Å². The summed E-state index contributed by atoms with van der Waals surface area (Å²) in [5, 5.41) is 2.62. The second-order valence-electron chi connectivity index (χ2n) is 6.82. The van der Waals surface area contributed by atoms with Gasteiger partial charge in [0.2, 0.25) is 0 Å². The van der Waals surface area contributed by atoms with E-state index in [1.165, 1.54) is 38.5 Å². The summed E-state index contributed by atoms with van der Waals surface area (Å²) in [6.45, 7) is 0. The Morgan fingerprint density at radius 1 is 0.615 bits per heavy atom. The molecule has 5 aromatic rings. The van der Waals surface area contributed by atoms with Crippen molar-refractivity contribution in [2.24, 2.45) is 0 Å². The van der Waals surface area contributed by atoms with Crippen molar-refractivity contribution in [3.05, 3.63) is 108 Å². The average molecular weight is 336 g/mol. The number of H-pyrrole nitrogens is 2. The third-order valence-corrected chi connectivity index (χ3v) is 5.30. The van der Waals surface area contributed by atoms with Gasteiger partial charge < -0.3 is 9.97 Å². The summed E-state index contributed by atoms with van der Waals surface area (Å²) >= 11 is 0. The first-order valence-corrected chi connectivity index (χ1v) is 9.06. The van der Waals surface area contributed by atoms with E-state index in [0.717, 1.165) is 6.42 Å². The van der Waals surface area contributed by atoms with Crippen molar-refractivity contribution in [1.82, 2.24) is 9.97 Å². The van der Waals surface area contributed by atoms with E-state index in [1.807, 2.05) is 0 Å². The summed E-state index contributed by atoms with van der Waals surface area (Å²) in [5.74, 6) is 0.312. The average Bonchev–Trinajstić information content (AvgIpc) is 3.31. The highest BCUT2D eigenvalue weighted by atomic mass is 14.7. The van der Waals surface area contributed by atoms with E-state index >= 15 is 0 Å². The molecule has 3 aromatic carbocycles. The summed E-state index contributed by atoms with van der Waals surface area (Å²) in [7, 11) is 0. The summed E-state index contributed by atoms with van der Waals surface area (Å²) in [6.07, 6.45) is 5.31. The lowest BCUT2D eigenvalue weighted by Gasteiger charge is -2.17. The van der Waals surface area contributed by atoms with Gasteiger partial charge in [-0.3, -0.25) is 0 Å². The van der Waals surface area contributed by atoms with Gasteiger partial charge in [-0.05, 0) is 35.2 Å². The number of hydrogen-bond acceptors (Lipinski definition) is 0. The fraction of sp³-hybridized carbons (Fsp3) is 0.0833. The van der Waals surface area contributed by atoms with Gasteiger partial charge in [0, 0.05) is 40.1 Å². The van der Waals surface area contributed by atoms with Gasteiger partial charge in [0.25, 0.3) is 0 Å². The lowest BCUT2D eigenvalue weighted by Crippen LogP contribution is -2.04. The zero-order valence-electron chi connectivity index (χ0n) is 14.4. The zero-order valence-corrected chi connectivity index (χ0v) is 14.4. The number of rotatable bonds is 4. The molecule has 26 heavy (non-hydrogen) atoms. The van der Waals surface area contributed by atoms with Crippen LogP contribution in [0.4, 0.5) is 0 Å². The molecule has 5 rings (SSSR count). The number of aromatic nitrogens is 2. The smallest absolute Gasteiger partial charge is 0.0457 e. The Hall–Kier alpha value is -3.26. The summed E-state index contributed by atoms with van der Waals surface area (Å²) in [6, 6.07) is 27.9. The minimum atomic E-state index is 0.312. The van der Waals surface area contributed by atoms with Crippen LogP contribution in [0.3, 0.4) is 0 Å². The largest absolute Gasteiger partial charge is 0.361 e. The Labute approximate surface area is 152 Å². The molecule has 0 spiro atoms. The predicted molar refractivity (Wildman–Crippen MR) is 109 cm³/mol. The molecule has 0 saturated heterocycles. The number of nitrogens with one attached hydrogen (secondary N) is 2. The number of benzene rings is 3. The predicted octanol–water partition coefficient (Wildman–Crippen LogP) is 6.02. The maximum Gasteiger partial charge on any atom is 0.0457 e. The maximum absolute atomic E-state index is 3.45. The number of aromatic amines is 2. The first kappa shape index (κ1) is 15.0. The molecule has 1 atom stereocenters. The van der Waals surface area contributed by atoms with Crippen LogP contribution in [0.1, 0.15) is 22.6 Å². The molecule has 126 valence electrons. The van der Waals surface area contributed by atoms with E-state index < -0.39 is 0 Å². The van der Waals surface area contributed by atoms with Crippen molar-refractivity contribution >= 4 is 21.8 Å². The van der Waals surface area contributed by atoms with Crippen LogP contribution in [-0.4, -0.2) is 9.97 Å². The lowest BCUT2D eigenvalue weighted by atomic mass is 9.86. The normalized spacial score (nSPS) is 12.6. The van der Waals surface area contributed by atoms with E-state index in [1.54, 1.807) is 0 Å². The van der Waals surface area contributed by atoms with Gasteiger partial charge in [-0.1, -0.05) is 66.7 Å². The van der Waals surface area contributed by atoms with Gasteiger partial charge in [-0.2, -0.15) is 0 Å². The molecule has 2 nitrogen and oxygen atoms in total. The van der Waals surface area contributed by atoms with Gasteiger partial charge in [0.15, 0.2) is 0 Å². The van der Waals surface area contributed by atoms with Gasteiger partial charge >= 0.3 is 0 Å². The Balaban J connectivity index is 1.65. The van der Waals surface area contributed by atoms with Gasteiger partial charge in [0.05, 0.1) is 0 Å². The van der Waals surface area contributed by atoms with Crippen molar-refractivity contribution < 1.29 is 0 Å². The monoisotopic (exact) mass is 336 g/mol. The van der Waals surface area contributed by atoms with Crippen LogP contribution in [-0.2, 0) is 6.42 Å². The fourth-order valence-corrected chi connectivity index (χ4v) is 4.00. The molecular formula is C24H20N2. The minimum absolute atomic E-state index is 0.312. The van der Waals surface area contributed by atoms with Gasteiger partial charge in [0.1, 0.15) is 0 Å². The van der Waals surface area contributed by atoms with Crippen LogP contribution >= 0.6 is 0 Å². The van der Waals surface area contributed by atoms with E-state index in [4.69, 9.17) is 0 Å². The maximum atomic E-state index is 3.45. The molecule has 0 radical (unpaired) electrons. The van der Waals surface area contributed by atoms with Crippen LogP contribution in [0.2, 0.25) is 0 Å². The molecule has 1 unspecified atom stereocenters. The number of hydrogen-bond donors (Lipinski definition) is 2. The Morgan fingerprint density at radius 3 is 2.04 bits per heavy atom. The standard InChI is InChI=1S/C24H20N2/c1-2-8-17(9-3-1)21(22-16-26-24-13-7-5-11-20(22)24)14-18-15-25-23-12-6-4-10-19(18)23/h1-13,15-16,21,25-26H,14H2. The van der Waals surface area contributed by atoms with E-state index in [-0.39, 0.29) is 0 Å². The highest BCUT2D eigenvalue weighted by Gasteiger charge is 2.20. The van der Waals surface area contributed by atoms with E-state index in [2.05, 4.69) is 101 Å². The topological polar surface area (TPSA) is 31.6 Å². The Kier molecular flexibility index (Phi) is 3.60. The molecule has 2 heteroatoms. The molecule has 0 bridgehead atoms. The van der Waals surface area contributed by atoms with Gasteiger partial charge in [-0.15, -0.1) is 0 Å². The number of fused-ring (bicyclic) bond motifs is 2. The summed E-state index contributed by atoms with van der Waals surface area (Å²) < 4.78 is 0. The lowest BCUT2D eigenvalue weighted by molar-refractivity contribution is 0.816. The third-order valence-electron chi connectivity index (χ3n) is 5.30. The Morgan fingerprint density at radius 2 is 1.23 bits per heavy atom. The molecule has 2 heterocycles. The highest BCUT2D eigenvalue weighted by Crippen LogP contribution is 2.35. The molecule has 2 N–H and O–H groups in total. The molecule has 2 aromatic heterocycles. The van der Waals surface area contributed by atoms with Crippen LogP contribution in [0.5, 0.6) is 0 Å². The molecular weight excluding hydrogens is 316 g/mol. The first-order chi connectivity index (χ1) is 12.9. The zero-order chi connectivity index (χ0) is 17.3. The van der Waals surface area contributed by atoms with Crippen LogP contribution in [0.25, 0.3) is 21.8 Å². The molecule has 0 aliphatic carbocycles. The molecule has 0 aliphatic heterocycles. The van der Waals surface area contributed by atoms with Crippen molar-refractivity contribution in [3.63, 3.8) is 0 Å².